The summed E-state index contributed by atoms with van der Waals surface area (Å²) in [5, 5.41) is 9.35. The van der Waals surface area contributed by atoms with Gasteiger partial charge in [-0.05, 0) is 42.9 Å². The van der Waals surface area contributed by atoms with Crippen LogP contribution >= 0.6 is 0 Å². The molecule has 1 aromatic rings. The van der Waals surface area contributed by atoms with Gasteiger partial charge < -0.3 is 5.11 Å². The third kappa shape index (κ3) is 7.31. The molecule has 1 aromatic carbocycles. The van der Waals surface area contributed by atoms with Gasteiger partial charge in [-0.1, -0.05) is 81.7 Å². The molecule has 0 heterocycles. The fourth-order valence-electron chi connectivity index (χ4n) is 2.76. The molecule has 0 saturated heterocycles. The summed E-state index contributed by atoms with van der Waals surface area (Å²) in [6.07, 6.45) is 15.7. The molecule has 2 aliphatic rings. The predicted molar refractivity (Wildman–Crippen MR) is 96.9 cm³/mol. The summed E-state index contributed by atoms with van der Waals surface area (Å²) in [6.45, 7) is 4.00. The lowest BCUT2D eigenvalue weighted by Gasteiger charge is -2.22. The summed E-state index contributed by atoms with van der Waals surface area (Å²) < 4.78 is 0. The molecule has 1 heteroatoms. The topological polar surface area (TPSA) is 20.2 Å². The molecule has 0 bridgehead atoms. The van der Waals surface area contributed by atoms with Gasteiger partial charge in [-0.2, -0.15) is 0 Å². The second-order valence-electron chi connectivity index (χ2n) is 5.39. The van der Waals surface area contributed by atoms with E-state index in [4.69, 9.17) is 0 Å². The summed E-state index contributed by atoms with van der Waals surface area (Å²) >= 11 is 0. The molecule has 0 spiro atoms. The van der Waals surface area contributed by atoms with Crippen molar-refractivity contribution in [1.29, 1.82) is 0 Å². The summed E-state index contributed by atoms with van der Waals surface area (Å²) in [6, 6.07) is 12.0. The molecule has 3 rings (SSSR count). The van der Waals surface area contributed by atoms with Crippen molar-refractivity contribution in [3.8, 4) is 0 Å². The van der Waals surface area contributed by atoms with Gasteiger partial charge in [0.1, 0.15) is 5.76 Å². The average Bonchev–Trinajstić information content (AvgIpc) is 2.84. The second kappa shape index (κ2) is 11.9. The highest BCUT2D eigenvalue weighted by atomic mass is 16.3. The smallest absolute Gasteiger partial charge is 0.111 e. The van der Waals surface area contributed by atoms with Crippen molar-refractivity contribution < 1.29 is 5.11 Å². The monoisotopic (exact) mass is 298 g/mol. The average molecular weight is 298 g/mol. The Morgan fingerprint density at radius 2 is 1.32 bits per heavy atom. The van der Waals surface area contributed by atoms with Crippen molar-refractivity contribution in [2.24, 2.45) is 5.92 Å². The van der Waals surface area contributed by atoms with Crippen LogP contribution < -0.4 is 0 Å². The first-order chi connectivity index (χ1) is 10.9. The quantitative estimate of drug-likeness (QED) is 0.618. The minimum atomic E-state index is 0.409. The zero-order valence-corrected chi connectivity index (χ0v) is 14.0. The van der Waals surface area contributed by atoms with Gasteiger partial charge in [-0.15, -0.1) is 0 Å². The highest BCUT2D eigenvalue weighted by Gasteiger charge is 2.16. The highest BCUT2D eigenvalue weighted by Crippen LogP contribution is 2.31. The van der Waals surface area contributed by atoms with Crippen LogP contribution in [0.2, 0.25) is 0 Å². The van der Waals surface area contributed by atoms with Crippen molar-refractivity contribution in [2.45, 2.75) is 52.4 Å². The van der Waals surface area contributed by atoms with Crippen molar-refractivity contribution in [3.63, 3.8) is 0 Å². The lowest BCUT2D eigenvalue weighted by Crippen LogP contribution is -2.07. The Labute approximate surface area is 136 Å². The van der Waals surface area contributed by atoms with E-state index in [-0.39, 0.29) is 0 Å². The first-order valence-electron chi connectivity index (χ1n) is 8.63. The van der Waals surface area contributed by atoms with Crippen molar-refractivity contribution >= 4 is 0 Å². The van der Waals surface area contributed by atoms with Gasteiger partial charge in [0.2, 0.25) is 0 Å². The van der Waals surface area contributed by atoms with Crippen LogP contribution in [0.3, 0.4) is 0 Å². The molecule has 0 radical (unpaired) electrons. The van der Waals surface area contributed by atoms with Crippen LogP contribution in [0.15, 0.2) is 72.0 Å². The standard InChI is InChI=1S/C13H18O.C6H6.C2H6/c14-13-8-4-7-12(9-10-13)11-5-2-1-3-6-11;1-2-4-6-5-3-1;1-2/h7-11,14H,1-6H2;1-6H;1-2H3. The van der Waals surface area contributed by atoms with Crippen LogP contribution in [0, 0.1) is 5.92 Å². The molecule has 1 N–H and O–H groups in total. The Hall–Kier alpha value is -1.76. The van der Waals surface area contributed by atoms with E-state index in [0.29, 0.717) is 5.76 Å². The number of aliphatic hydroxyl groups is 1. The Bertz CT molecular complexity index is 435. The summed E-state index contributed by atoms with van der Waals surface area (Å²) in [5.41, 5.74) is 1.44. The molecular formula is C21H30O. The van der Waals surface area contributed by atoms with E-state index < -0.39 is 0 Å². The highest BCUT2D eigenvalue weighted by molar-refractivity contribution is 5.30. The molecule has 1 saturated carbocycles. The van der Waals surface area contributed by atoms with E-state index in [2.05, 4.69) is 12.2 Å². The first kappa shape index (κ1) is 18.3. The number of benzene rings is 1. The molecule has 0 aliphatic heterocycles. The van der Waals surface area contributed by atoms with Crippen LogP contribution in [-0.2, 0) is 0 Å². The number of aliphatic hydroxyl groups excluding tert-OH is 1. The largest absolute Gasteiger partial charge is 0.508 e. The zero-order valence-electron chi connectivity index (χ0n) is 14.0. The first-order valence-corrected chi connectivity index (χ1v) is 8.63. The predicted octanol–water partition coefficient (Wildman–Crippen LogP) is 6.61. The van der Waals surface area contributed by atoms with Crippen LogP contribution in [0.1, 0.15) is 52.4 Å². The molecule has 0 aromatic heterocycles. The Morgan fingerprint density at radius 1 is 0.773 bits per heavy atom. The van der Waals surface area contributed by atoms with Crippen LogP contribution in [0.25, 0.3) is 0 Å². The van der Waals surface area contributed by atoms with E-state index in [1.54, 1.807) is 0 Å². The molecule has 1 nitrogen and oxygen atoms in total. The second-order valence-corrected chi connectivity index (χ2v) is 5.39. The van der Waals surface area contributed by atoms with Crippen molar-refractivity contribution in [1.82, 2.24) is 0 Å². The maximum absolute atomic E-state index is 9.35. The van der Waals surface area contributed by atoms with E-state index in [0.717, 1.165) is 12.3 Å². The van der Waals surface area contributed by atoms with E-state index in [9.17, 15) is 5.11 Å². The fraction of sp³-hybridized carbons (Fsp3) is 0.429. The van der Waals surface area contributed by atoms with E-state index in [1.165, 1.54) is 37.7 Å². The number of hydrogen-bond donors (Lipinski definition) is 1. The van der Waals surface area contributed by atoms with Gasteiger partial charge in [-0.3, -0.25) is 0 Å². The molecule has 120 valence electrons. The van der Waals surface area contributed by atoms with Gasteiger partial charge in [0.25, 0.3) is 0 Å². The molecular weight excluding hydrogens is 268 g/mol. The van der Waals surface area contributed by atoms with Crippen molar-refractivity contribution in [3.05, 3.63) is 72.0 Å². The van der Waals surface area contributed by atoms with Crippen LogP contribution in [0.4, 0.5) is 0 Å². The van der Waals surface area contributed by atoms with Crippen LogP contribution in [0.5, 0.6) is 0 Å². The molecule has 0 atom stereocenters. The minimum Gasteiger partial charge on any atom is -0.508 e. The molecule has 22 heavy (non-hydrogen) atoms. The van der Waals surface area contributed by atoms with Crippen molar-refractivity contribution in [2.75, 3.05) is 0 Å². The maximum Gasteiger partial charge on any atom is 0.111 e. The summed E-state index contributed by atoms with van der Waals surface area (Å²) in [5.74, 6) is 1.16. The third-order valence-electron chi connectivity index (χ3n) is 3.87. The Balaban J connectivity index is 0.000000253. The Kier molecular flexibility index (Phi) is 9.85. The molecule has 2 aliphatic carbocycles. The molecule has 0 amide bonds. The molecule has 1 fully saturated rings. The lowest BCUT2D eigenvalue weighted by molar-refractivity contribution is 0.407. The van der Waals surface area contributed by atoms with Gasteiger partial charge >= 0.3 is 0 Å². The Morgan fingerprint density at radius 3 is 1.86 bits per heavy atom. The number of hydrogen-bond acceptors (Lipinski definition) is 1. The SMILES string of the molecule is CC.OC1=CCC=C(C2CCCCC2)C=C1.c1ccccc1. The summed E-state index contributed by atoms with van der Waals surface area (Å²) in [4.78, 5) is 0. The fourth-order valence-corrected chi connectivity index (χ4v) is 2.76. The van der Waals surface area contributed by atoms with E-state index >= 15 is 0 Å². The van der Waals surface area contributed by atoms with E-state index in [1.807, 2.05) is 62.4 Å². The van der Waals surface area contributed by atoms with Gasteiger partial charge in [0.15, 0.2) is 0 Å². The number of rotatable bonds is 1. The minimum absolute atomic E-state index is 0.409. The molecule has 0 unspecified atom stereocenters. The van der Waals surface area contributed by atoms with Gasteiger partial charge in [-0.25, -0.2) is 0 Å². The summed E-state index contributed by atoms with van der Waals surface area (Å²) in [7, 11) is 0. The maximum atomic E-state index is 9.35. The number of allylic oxidation sites excluding steroid dienone is 5. The normalized spacial score (nSPS) is 17.7. The lowest BCUT2D eigenvalue weighted by atomic mass is 9.83. The van der Waals surface area contributed by atoms with Gasteiger partial charge in [0.05, 0.1) is 0 Å². The zero-order chi connectivity index (χ0) is 16.0. The third-order valence-corrected chi connectivity index (χ3v) is 3.87. The van der Waals surface area contributed by atoms with Crippen LogP contribution in [-0.4, -0.2) is 5.11 Å². The van der Waals surface area contributed by atoms with Gasteiger partial charge in [0, 0.05) is 0 Å².